The first-order chi connectivity index (χ1) is 17.6. The molecule has 2 aliphatic heterocycles. The normalized spacial score (nSPS) is 18.2. The van der Waals surface area contributed by atoms with Gasteiger partial charge in [0, 0.05) is 24.6 Å². The van der Waals surface area contributed by atoms with E-state index in [2.05, 4.69) is 17.2 Å². The minimum atomic E-state index is -0.0316. The van der Waals surface area contributed by atoms with Crippen molar-refractivity contribution in [3.05, 3.63) is 23.8 Å². The molecule has 1 unspecified atom stereocenters. The van der Waals surface area contributed by atoms with E-state index in [9.17, 15) is 14.7 Å². The number of carbonyl (C=O) groups excluding carboxylic acids is 2. The number of fused-ring (bicyclic) bond motifs is 2. The molecule has 0 aromatic heterocycles. The molecule has 8 heteroatoms. The molecule has 8 nitrogen and oxygen atoms in total. The Bertz CT molecular complexity index is 928. The molecule has 2 heterocycles. The van der Waals surface area contributed by atoms with Crippen molar-refractivity contribution in [1.29, 1.82) is 0 Å². The van der Waals surface area contributed by atoms with Crippen molar-refractivity contribution in [2.75, 3.05) is 26.3 Å². The minimum Gasteiger partial charge on any atom is -0.493 e. The number of guanidine groups is 1. The van der Waals surface area contributed by atoms with Gasteiger partial charge in [-0.25, -0.2) is 4.99 Å². The van der Waals surface area contributed by atoms with Gasteiger partial charge < -0.3 is 19.6 Å². The standard InChI is InChI=1S/C28H42N4O4/c1-2-10-24(21-11-5-3-6-12-21)32(16-17-33)27(35)15-7-4-8-18-36-25-14-9-13-23-22(25)19-31-20-26(34)30-28(31)29-23/h9,13-14,21,24,33H,2-8,10-12,15-20H2,1H3,(H,29,30,34). The molecule has 1 aromatic rings. The van der Waals surface area contributed by atoms with E-state index < -0.39 is 0 Å². The quantitative estimate of drug-likeness (QED) is 0.399. The lowest BCUT2D eigenvalue weighted by molar-refractivity contribution is -0.136. The predicted octanol–water partition coefficient (Wildman–Crippen LogP) is 4.13. The number of hydrogen-bond donors (Lipinski definition) is 2. The molecule has 1 saturated heterocycles. The fraction of sp³-hybridized carbons (Fsp3) is 0.679. The third-order valence-corrected chi connectivity index (χ3v) is 7.70. The summed E-state index contributed by atoms with van der Waals surface area (Å²) >= 11 is 0. The molecule has 2 amide bonds. The lowest BCUT2D eigenvalue weighted by Gasteiger charge is -2.39. The van der Waals surface area contributed by atoms with Crippen molar-refractivity contribution in [2.45, 2.75) is 90.1 Å². The van der Waals surface area contributed by atoms with Gasteiger partial charge in [0.05, 0.1) is 25.4 Å². The Morgan fingerprint density at radius 1 is 1.22 bits per heavy atom. The summed E-state index contributed by atoms with van der Waals surface area (Å²) in [6, 6.07) is 6.10. The van der Waals surface area contributed by atoms with Crippen molar-refractivity contribution in [3.63, 3.8) is 0 Å². The molecule has 3 aliphatic rings. The van der Waals surface area contributed by atoms with Crippen LogP contribution < -0.4 is 10.1 Å². The van der Waals surface area contributed by atoms with Crippen LogP contribution >= 0.6 is 0 Å². The smallest absolute Gasteiger partial charge is 0.246 e. The number of aliphatic imine (C=N–C) groups is 1. The number of aliphatic hydroxyl groups excluding tert-OH is 1. The molecular weight excluding hydrogens is 456 g/mol. The van der Waals surface area contributed by atoms with Gasteiger partial charge in [-0.15, -0.1) is 0 Å². The van der Waals surface area contributed by atoms with Gasteiger partial charge in [-0.2, -0.15) is 0 Å². The Kier molecular flexibility index (Phi) is 9.61. The van der Waals surface area contributed by atoms with Crippen LogP contribution in [0, 0.1) is 5.92 Å². The Morgan fingerprint density at radius 2 is 2.06 bits per heavy atom. The highest BCUT2D eigenvalue weighted by atomic mass is 16.5. The first kappa shape index (κ1) is 26.5. The Hall–Kier alpha value is -2.61. The van der Waals surface area contributed by atoms with Gasteiger partial charge in [-0.3, -0.25) is 14.9 Å². The second-order valence-electron chi connectivity index (χ2n) is 10.3. The van der Waals surface area contributed by atoms with Crippen molar-refractivity contribution in [3.8, 4) is 5.75 Å². The molecule has 1 aliphatic carbocycles. The van der Waals surface area contributed by atoms with Crippen LogP contribution in [0.15, 0.2) is 23.2 Å². The number of amides is 2. The van der Waals surface area contributed by atoms with E-state index in [1.807, 2.05) is 28.0 Å². The SMILES string of the molecule is CCCC(C1CCCCC1)N(CCO)C(=O)CCCCCOc1cccc2c1CN1CC(=O)NC1=N2. The molecule has 2 N–H and O–H groups in total. The van der Waals surface area contributed by atoms with Crippen molar-refractivity contribution >= 4 is 23.5 Å². The van der Waals surface area contributed by atoms with Crippen molar-refractivity contribution in [1.82, 2.24) is 15.1 Å². The van der Waals surface area contributed by atoms with E-state index >= 15 is 0 Å². The second kappa shape index (κ2) is 13.1. The topological polar surface area (TPSA) is 94.5 Å². The summed E-state index contributed by atoms with van der Waals surface area (Å²) in [5.74, 6) is 2.17. The summed E-state index contributed by atoms with van der Waals surface area (Å²) < 4.78 is 6.09. The van der Waals surface area contributed by atoms with E-state index in [0.717, 1.165) is 49.1 Å². The maximum Gasteiger partial charge on any atom is 0.246 e. The molecule has 0 bridgehead atoms. The number of ether oxygens (including phenoxy) is 1. The summed E-state index contributed by atoms with van der Waals surface area (Å²) in [5.41, 5.74) is 1.85. The monoisotopic (exact) mass is 498 g/mol. The molecule has 198 valence electrons. The van der Waals surface area contributed by atoms with Crippen molar-refractivity contribution in [2.24, 2.45) is 10.9 Å². The highest BCUT2D eigenvalue weighted by Crippen LogP contribution is 2.34. The molecule has 2 fully saturated rings. The fourth-order valence-electron chi connectivity index (χ4n) is 5.90. The van der Waals surface area contributed by atoms with Gasteiger partial charge in [0.15, 0.2) is 0 Å². The molecule has 0 spiro atoms. The van der Waals surface area contributed by atoms with Crippen LogP contribution in [0.2, 0.25) is 0 Å². The Balaban J connectivity index is 1.23. The summed E-state index contributed by atoms with van der Waals surface area (Å²) in [4.78, 5) is 33.3. The van der Waals surface area contributed by atoms with Gasteiger partial charge in [-0.05, 0) is 56.6 Å². The van der Waals surface area contributed by atoms with Gasteiger partial charge in [0.2, 0.25) is 17.8 Å². The summed E-state index contributed by atoms with van der Waals surface area (Å²) in [6.07, 6.45) is 11.5. The van der Waals surface area contributed by atoms with E-state index in [4.69, 9.17) is 4.74 Å². The zero-order valence-electron chi connectivity index (χ0n) is 21.7. The summed E-state index contributed by atoms with van der Waals surface area (Å²) in [7, 11) is 0. The van der Waals surface area contributed by atoms with E-state index in [1.54, 1.807) is 0 Å². The van der Waals surface area contributed by atoms with Gasteiger partial charge in [-0.1, -0.05) is 38.7 Å². The van der Waals surface area contributed by atoms with Crippen LogP contribution in [-0.2, 0) is 16.1 Å². The highest BCUT2D eigenvalue weighted by Gasteiger charge is 2.31. The van der Waals surface area contributed by atoms with E-state index in [-0.39, 0.29) is 24.5 Å². The van der Waals surface area contributed by atoms with Crippen LogP contribution in [0.3, 0.4) is 0 Å². The number of nitrogens with one attached hydrogen (secondary N) is 1. The van der Waals surface area contributed by atoms with E-state index in [1.165, 1.54) is 32.1 Å². The van der Waals surface area contributed by atoms with Gasteiger partial charge in [0.25, 0.3) is 0 Å². The van der Waals surface area contributed by atoms with Crippen LogP contribution in [0.25, 0.3) is 0 Å². The number of hydrogen-bond acceptors (Lipinski definition) is 6. The zero-order valence-corrected chi connectivity index (χ0v) is 21.7. The second-order valence-corrected chi connectivity index (χ2v) is 10.3. The average Bonchev–Trinajstić information content (AvgIpc) is 3.26. The maximum atomic E-state index is 13.2. The predicted molar refractivity (Wildman–Crippen MR) is 140 cm³/mol. The molecule has 1 atom stereocenters. The molecular formula is C28H42N4O4. The fourth-order valence-corrected chi connectivity index (χ4v) is 5.90. The molecule has 1 saturated carbocycles. The molecule has 0 radical (unpaired) electrons. The maximum absolute atomic E-state index is 13.2. The largest absolute Gasteiger partial charge is 0.493 e. The summed E-state index contributed by atoms with van der Waals surface area (Å²) in [5, 5.41) is 12.4. The number of carbonyl (C=O) groups is 2. The van der Waals surface area contributed by atoms with E-state index in [0.29, 0.717) is 44.5 Å². The number of benzene rings is 1. The average molecular weight is 499 g/mol. The third-order valence-electron chi connectivity index (χ3n) is 7.70. The number of aliphatic hydroxyl groups is 1. The molecule has 36 heavy (non-hydrogen) atoms. The lowest BCUT2D eigenvalue weighted by atomic mass is 9.81. The first-order valence-electron chi connectivity index (χ1n) is 13.9. The van der Waals surface area contributed by atoms with Crippen LogP contribution in [0.4, 0.5) is 5.69 Å². The Morgan fingerprint density at radius 3 is 2.83 bits per heavy atom. The van der Waals surface area contributed by atoms with Crippen LogP contribution in [-0.4, -0.2) is 65.0 Å². The number of rotatable bonds is 13. The minimum absolute atomic E-state index is 0.0289. The third kappa shape index (κ3) is 6.58. The zero-order chi connectivity index (χ0) is 25.3. The number of nitrogens with zero attached hydrogens (tertiary/aromatic N) is 3. The van der Waals surface area contributed by atoms with Gasteiger partial charge >= 0.3 is 0 Å². The highest BCUT2D eigenvalue weighted by molar-refractivity contribution is 6.05. The number of unbranched alkanes of at least 4 members (excludes halogenated alkanes) is 2. The van der Waals surface area contributed by atoms with Crippen LogP contribution in [0.1, 0.15) is 83.1 Å². The Labute approximate surface area is 215 Å². The molecule has 1 aromatic carbocycles. The lowest BCUT2D eigenvalue weighted by Crippen LogP contribution is -2.46. The van der Waals surface area contributed by atoms with Gasteiger partial charge in [0.1, 0.15) is 12.3 Å². The van der Waals surface area contributed by atoms with Crippen LogP contribution in [0.5, 0.6) is 5.75 Å². The first-order valence-corrected chi connectivity index (χ1v) is 13.9. The molecule has 4 rings (SSSR count). The summed E-state index contributed by atoms with van der Waals surface area (Å²) in [6.45, 7) is 4.19. The van der Waals surface area contributed by atoms with Crippen molar-refractivity contribution < 1.29 is 19.4 Å².